The summed E-state index contributed by atoms with van der Waals surface area (Å²) in [5, 5.41) is 3.20. The highest BCUT2D eigenvalue weighted by Gasteiger charge is 2.18. The molecule has 49 valence electrons. The van der Waals surface area contributed by atoms with Crippen molar-refractivity contribution in [2.75, 3.05) is 0 Å². The van der Waals surface area contributed by atoms with E-state index in [1.807, 2.05) is 18.4 Å². The lowest BCUT2D eigenvalue weighted by molar-refractivity contribution is 0.674. The second-order valence-corrected chi connectivity index (χ2v) is 3.90. The zero-order valence-corrected chi connectivity index (χ0v) is 7.26. The van der Waals surface area contributed by atoms with E-state index in [1.165, 1.54) is 0 Å². The maximum atomic E-state index is 3.83. The average molecular weight is 234 g/mol. The van der Waals surface area contributed by atoms with E-state index in [9.17, 15) is 0 Å². The van der Waals surface area contributed by atoms with Gasteiger partial charge in [0.05, 0.1) is 0 Å². The third-order valence-corrected chi connectivity index (χ3v) is 2.47. The first-order chi connectivity index (χ1) is 4.27. The number of hydrogen-bond donors (Lipinski definition) is 1. The molecule has 0 aromatic rings. The Morgan fingerprint density at radius 3 is 2.67 bits per heavy atom. The molecule has 1 rings (SSSR count). The summed E-state index contributed by atoms with van der Waals surface area (Å²) in [5.74, 6) is 0. The number of halogens is 1. The number of nitrogens with one attached hydrogen (secondary N) is 1. The van der Waals surface area contributed by atoms with Crippen LogP contribution in [0.25, 0.3) is 0 Å². The van der Waals surface area contributed by atoms with Crippen LogP contribution in [0.3, 0.4) is 0 Å². The van der Waals surface area contributed by atoms with Crippen molar-refractivity contribution in [1.29, 1.82) is 0 Å². The molecule has 0 saturated carbocycles. The molecule has 2 heteroatoms. The van der Waals surface area contributed by atoms with Crippen molar-refractivity contribution in [1.82, 2.24) is 5.32 Å². The van der Waals surface area contributed by atoms with Crippen LogP contribution >= 0.6 is 22.6 Å². The Hall–Kier alpha value is 0.01000. The minimum Gasteiger partial charge on any atom is -0.374 e. The van der Waals surface area contributed by atoms with E-state index in [0.29, 0.717) is 0 Å². The number of dihydropyridines is 1. The predicted molar refractivity (Wildman–Crippen MR) is 48.1 cm³/mol. The van der Waals surface area contributed by atoms with E-state index in [2.05, 4.69) is 40.9 Å². The SMILES string of the molecule is [CH2]CC1(I)C=CC=CN1. The van der Waals surface area contributed by atoms with Crippen LogP contribution < -0.4 is 5.32 Å². The van der Waals surface area contributed by atoms with Crippen molar-refractivity contribution in [3.63, 3.8) is 0 Å². The quantitative estimate of drug-likeness (QED) is 0.415. The summed E-state index contributed by atoms with van der Waals surface area (Å²) in [6.45, 7) is 3.83. The smallest absolute Gasteiger partial charge is 0.108 e. The molecule has 1 N–H and O–H groups in total. The van der Waals surface area contributed by atoms with Gasteiger partial charge >= 0.3 is 0 Å². The Labute approximate surface area is 69.4 Å². The van der Waals surface area contributed by atoms with Gasteiger partial charge in [-0.25, -0.2) is 0 Å². The van der Waals surface area contributed by atoms with Gasteiger partial charge in [0.15, 0.2) is 0 Å². The lowest BCUT2D eigenvalue weighted by Gasteiger charge is -2.24. The molecule has 1 nitrogen and oxygen atoms in total. The highest BCUT2D eigenvalue weighted by Crippen LogP contribution is 2.22. The van der Waals surface area contributed by atoms with Gasteiger partial charge in [0.25, 0.3) is 0 Å². The second kappa shape index (κ2) is 2.73. The van der Waals surface area contributed by atoms with Gasteiger partial charge in [-0.3, -0.25) is 0 Å². The number of rotatable bonds is 1. The summed E-state index contributed by atoms with van der Waals surface area (Å²) in [4.78, 5) is 0. The van der Waals surface area contributed by atoms with E-state index in [0.717, 1.165) is 6.42 Å². The van der Waals surface area contributed by atoms with Crippen molar-refractivity contribution in [2.45, 2.75) is 9.97 Å². The van der Waals surface area contributed by atoms with E-state index < -0.39 is 0 Å². The minimum atomic E-state index is 0.0620. The molecule has 1 heterocycles. The third-order valence-electron chi connectivity index (χ3n) is 1.25. The molecule has 0 spiro atoms. The minimum absolute atomic E-state index is 0.0620. The first-order valence-electron chi connectivity index (χ1n) is 2.87. The zero-order valence-electron chi connectivity index (χ0n) is 5.10. The van der Waals surface area contributed by atoms with Gasteiger partial charge in [0.1, 0.15) is 3.55 Å². The highest BCUT2D eigenvalue weighted by molar-refractivity contribution is 14.1. The molecular formula is C7H9IN. The normalized spacial score (nSPS) is 32.2. The lowest BCUT2D eigenvalue weighted by atomic mass is 10.2. The van der Waals surface area contributed by atoms with E-state index in [-0.39, 0.29) is 3.55 Å². The van der Waals surface area contributed by atoms with Crippen molar-refractivity contribution >= 4 is 22.6 Å². The zero-order chi connectivity index (χ0) is 6.74. The second-order valence-electron chi connectivity index (χ2n) is 1.98. The fraction of sp³-hybridized carbons (Fsp3) is 0.286. The summed E-state index contributed by atoms with van der Waals surface area (Å²) in [7, 11) is 0. The monoisotopic (exact) mass is 234 g/mol. The Morgan fingerprint density at radius 2 is 2.33 bits per heavy atom. The molecule has 0 aromatic heterocycles. The van der Waals surface area contributed by atoms with Crippen LogP contribution in [0.2, 0.25) is 0 Å². The topological polar surface area (TPSA) is 12.0 Å². The molecule has 9 heavy (non-hydrogen) atoms. The molecule has 0 fully saturated rings. The van der Waals surface area contributed by atoms with Gasteiger partial charge < -0.3 is 5.32 Å². The fourth-order valence-electron chi connectivity index (χ4n) is 0.654. The maximum Gasteiger partial charge on any atom is 0.108 e. The third kappa shape index (κ3) is 1.71. The molecule has 0 saturated heterocycles. The Morgan fingerprint density at radius 1 is 1.56 bits per heavy atom. The van der Waals surface area contributed by atoms with Crippen molar-refractivity contribution in [2.24, 2.45) is 0 Å². The van der Waals surface area contributed by atoms with Crippen LogP contribution in [0, 0.1) is 6.92 Å². The van der Waals surface area contributed by atoms with Gasteiger partial charge in [-0.15, -0.1) is 0 Å². The number of allylic oxidation sites excluding steroid dienone is 2. The predicted octanol–water partition coefficient (Wildman–Crippen LogP) is 2.01. The van der Waals surface area contributed by atoms with Crippen molar-refractivity contribution < 1.29 is 0 Å². The van der Waals surface area contributed by atoms with Crippen molar-refractivity contribution in [3.8, 4) is 0 Å². The highest BCUT2D eigenvalue weighted by atomic mass is 127. The van der Waals surface area contributed by atoms with Crippen molar-refractivity contribution in [3.05, 3.63) is 31.4 Å². The van der Waals surface area contributed by atoms with Crippen LogP contribution in [0.1, 0.15) is 6.42 Å². The first-order valence-corrected chi connectivity index (χ1v) is 3.95. The number of alkyl halides is 1. The fourth-order valence-corrected chi connectivity index (χ4v) is 1.04. The average Bonchev–Trinajstić information content (AvgIpc) is 1.90. The van der Waals surface area contributed by atoms with Gasteiger partial charge in [-0.1, -0.05) is 28.7 Å². The summed E-state index contributed by atoms with van der Waals surface area (Å²) in [5.41, 5.74) is 0. The molecule has 0 amide bonds. The van der Waals surface area contributed by atoms with Gasteiger partial charge in [-0.2, -0.15) is 0 Å². The largest absolute Gasteiger partial charge is 0.374 e. The Bertz CT molecular complexity index is 151. The van der Waals surface area contributed by atoms with Crippen LogP contribution in [0.15, 0.2) is 24.4 Å². The van der Waals surface area contributed by atoms with Gasteiger partial charge in [0.2, 0.25) is 0 Å². The number of hydrogen-bond acceptors (Lipinski definition) is 1. The molecule has 1 radical (unpaired) electrons. The molecule has 0 aliphatic carbocycles. The van der Waals surface area contributed by atoms with Crippen LogP contribution in [0.4, 0.5) is 0 Å². The standard InChI is InChI=1S/C7H9IN/c1-2-7(8)5-3-4-6-9-7/h3-6,9H,1-2H2. The molecule has 0 aromatic carbocycles. The van der Waals surface area contributed by atoms with E-state index >= 15 is 0 Å². The van der Waals surface area contributed by atoms with Crippen LogP contribution in [0.5, 0.6) is 0 Å². The maximum absolute atomic E-state index is 3.83. The van der Waals surface area contributed by atoms with E-state index in [4.69, 9.17) is 0 Å². The summed E-state index contributed by atoms with van der Waals surface area (Å²) < 4.78 is 0.0620. The van der Waals surface area contributed by atoms with E-state index in [1.54, 1.807) is 0 Å². The Balaban J connectivity index is 2.63. The van der Waals surface area contributed by atoms with Gasteiger partial charge in [0, 0.05) is 0 Å². The van der Waals surface area contributed by atoms with Crippen LogP contribution in [-0.2, 0) is 0 Å². The first kappa shape index (κ1) is 7.12. The molecule has 1 aliphatic rings. The molecule has 0 bridgehead atoms. The molecule has 1 aliphatic heterocycles. The summed E-state index contributed by atoms with van der Waals surface area (Å²) >= 11 is 2.34. The van der Waals surface area contributed by atoms with Crippen LogP contribution in [-0.4, -0.2) is 3.55 Å². The lowest BCUT2D eigenvalue weighted by Crippen LogP contribution is -2.33. The molecule has 1 atom stereocenters. The van der Waals surface area contributed by atoms with Gasteiger partial charge in [-0.05, 0) is 31.7 Å². The summed E-state index contributed by atoms with van der Waals surface area (Å²) in [6, 6.07) is 0. The summed E-state index contributed by atoms with van der Waals surface area (Å²) in [6.07, 6.45) is 8.94. The molecular weight excluding hydrogens is 225 g/mol. The Kier molecular flexibility index (Phi) is 2.16. The molecule has 1 unspecified atom stereocenters.